The quantitative estimate of drug-likeness (QED) is 0.141. The van der Waals surface area contributed by atoms with Gasteiger partial charge < -0.3 is 95.1 Å². The van der Waals surface area contributed by atoms with E-state index in [1.54, 1.807) is 0 Å². The minimum atomic E-state index is -1.09. The van der Waals surface area contributed by atoms with Crippen molar-refractivity contribution in [3.8, 4) is 0 Å². The molecule has 0 aliphatic heterocycles. The van der Waals surface area contributed by atoms with Crippen LogP contribution in [-0.4, -0.2) is 57.7 Å². The van der Waals surface area contributed by atoms with E-state index in [4.69, 9.17) is 0 Å². The summed E-state index contributed by atoms with van der Waals surface area (Å²) in [5.74, 6) is -6.55. The molecule has 16 N–H and O–H groups in total. The monoisotopic (exact) mass is 600 g/mol. The number of rotatable bonds is 9. The molecule has 0 amide bonds. The molecule has 0 saturated heterocycles. The fourth-order valence-corrected chi connectivity index (χ4v) is 0.862. The zero-order valence-electron chi connectivity index (χ0n) is 19.1. The molecule has 0 aromatic heterocycles. The van der Waals surface area contributed by atoms with Crippen molar-refractivity contribution in [3.05, 3.63) is 0 Å². The van der Waals surface area contributed by atoms with Crippen molar-refractivity contribution >= 4 is 35.8 Å². The molecule has 0 unspecified atom stereocenters. The Balaban J connectivity index is -0.0000000337. The molecule has 0 radical (unpaired) electrons. The van der Waals surface area contributed by atoms with Gasteiger partial charge in [-0.1, -0.05) is 0 Å². The molecule has 0 aromatic rings. The van der Waals surface area contributed by atoms with Crippen LogP contribution in [0.3, 0.4) is 0 Å². The van der Waals surface area contributed by atoms with Crippen LogP contribution in [0.5, 0.6) is 0 Å². The summed E-state index contributed by atoms with van der Waals surface area (Å²) in [4.78, 5) is 77.6. The van der Waals surface area contributed by atoms with E-state index in [1.807, 2.05) is 0 Å². The Labute approximate surface area is 220 Å². The molecule has 25 heteroatoms. The van der Waals surface area contributed by atoms with Crippen LogP contribution in [0.1, 0.15) is 38.5 Å². The third-order valence-corrected chi connectivity index (χ3v) is 2.16. The van der Waals surface area contributed by atoms with Crippen molar-refractivity contribution in [1.29, 1.82) is 0 Å². The largest absolute Gasteiger partial charge is 4.00 e. The summed E-state index contributed by atoms with van der Waals surface area (Å²) >= 11 is 0. The minimum absolute atomic E-state index is 0. The Morgan fingerprint density at radius 1 is 0.351 bits per heavy atom. The molecule has 0 aliphatic carbocycles. The minimum Gasteiger partial charge on any atom is -0.662 e. The Hall–Kier alpha value is -2.95. The first-order valence-electron chi connectivity index (χ1n) is 7.07. The van der Waals surface area contributed by atoms with Crippen LogP contribution in [0.15, 0.2) is 0 Å². The van der Waals surface area contributed by atoms with Crippen LogP contribution in [0.2, 0.25) is 0 Å². The van der Waals surface area contributed by atoms with Crippen molar-refractivity contribution < 1.29 is 133 Å². The molecule has 0 bridgehead atoms. The Morgan fingerprint density at radius 3 is 0.486 bits per heavy atom. The number of hydrogen-bond acceptors (Lipinski definition) is 18. The van der Waals surface area contributed by atoms with E-state index in [9.17, 15) is 60.3 Å². The van der Waals surface area contributed by atoms with Gasteiger partial charge in [0.15, 0.2) is 0 Å². The van der Waals surface area contributed by atoms with Crippen LogP contribution in [0, 0.1) is 0 Å². The number of carbonyl (C=O) groups excluding carboxylic acids is 6. The van der Waals surface area contributed by atoms with E-state index >= 15 is 0 Å². The molecule has 24 nitrogen and oxygen atoms in total. The van der Waals surface area contributed by atoms with Crippen molar-refractivity contribution in [3.63, 3.8) is 0 Å². The second-order valence-electron chi connectivity index (χ2n) is 4.23. The normalized spacial score (nSPS) is 6.97. The van der Waals surface area contributed by atoms with E-state index in [0.29, 0.717) is 0 Å². The molecule has 0 spiro atoms. The van der Waals surface area contributed by atoms with Gasteiger partial charge in [0.2, 0.25) is 0 Å². The first-order chi connectivity index (χ1) is 14.1. The Kier molecular flexibility index (Phi) is 80.6. The van der Waals surface area contributed by atoms with Gasteiger partial charge in [-0.2, -0.15) is 0 Å². The summed E-state index contributed by atoms with van der Waals surface area (Å²) in [6.45, 7) is 0. The number of hydrogen-bond donors (Lipinski definition) is 2. The zero-order chi connectivity index (χ0) is 23.9. The van der Waals surface area contributed by atoms with Gasteiger partial charge in [0.25, 0.3) is 0 Å². The van der Waals surface area contributed by atoms with Gasteiger partial charge in [-0.3, -0.25) is 28.8 Å². The smallest absolute Gasteiger partial charge is 0.662 e. The first kappa shape index (κ1) is 64.3. The summed E-state index contributed by atoms with van der Waals surface area (Å²) in [6.07, 6.45) is -2.56. The predicted molar refractivity (Wildman–Crippen MR) is 90.7 cm³/mol. The van der Waals surface area contributed by atoms with Crippen LogP contribution in [0.25, 0.3) is 0 Å². The van der Waals surface area contributed by atoms with Gasteiger partial charge in [0, 0.05) is 0 Å². The second kappa shape index (κ2) is 46.4. The summed E-state index contributed by atoms with van der Waals surface area (Å²) in [5.41, 5.74) is 0. The van der Waals surface area contributed by atoms with Gasteiger partial charge in [-0.15, -0.1) is 0 Å². The van der Waals surface area contributed by atoms with Gasteiger partial charge >= 0.3 is 57.5 Å². The van der Waals surface area contributed by atoms with E-state index in [2.05, 4.69) is 29.3 Å². The third kappa shape index (κ3) is 55.1. The summed E-state index contributed by atoms with van der Waals surface area (Å²) in [6, 6.07) is 0. The number of quaternary nitrogens is 2. The average Bonchev–Trinajstić information content (AvgIpc) is 2.78. The molecule has 0 aliphatic rings. The van der Waals surface area contributed by atoms with Gasteiger partial charge in [0.1, 0.15) is 0 Å². The molecule has 222 valence electrons. The van der Waals surface area contributed by atoms with Gasteiger partial charge in [0.05, 0.1) is 38.5 Å². The third-order valence-electron chi connectivity index (χ3n) is 2.16. The van der Waals surface area contributed by atoms with Crippen LogP contribution >= 0.6 is 0 Å². The molecule has 0 aromatic carbocycles. The maximum absolute atomic E-state index is 9.99. The fourth-order valence-electron chi connectivity index (χ4n) is 0.862. The SMILES string of the molecule is O.O.O.O.O=C(CCC(=O)O[O-])O[O-].O=C(CCC(=O)O[O-])O[O-].O=C(CCC(=O)O[O-])O[O-].[NH4+].[NH4+].[Ti+4]. The van der Waals surface area contributed by atoms with E-state index in [-0.39, 0.29) is 55.9 Å². The van der Waals surface area contributed by atoms with Crippen LogP contribution < -0.4 is 43.8 Å². The molecule has 0 saturated carbocycles. The van der Waals surface area contributed by atoms with Crippen molar-refractivity contribution in [2.45, 2.75) is 38.5 Å². The van der Waals surface area contributed by atoms with Crippen molar-refractivity contribution in [2.75, 3.05) is 0 Å². The zero-order valence-corrected chi connectivity index (χ0v) is 20.7. The van der Waals surface area contributed by atoms with E-state index < -0.39 is 74.3 Å². The molecule has 0 heterocycles. The Bertz CT molecular complexity index is 438. The molecule has 0 rings (SSSR count). The molecular formula is C12H28N2O22Ti. The number of carbonyl (C=O) groups is 6. The Morgan fingerprint density at radius 2 is 0.432 bits per heavy atom. The predicted octanol–water partition coefficient (Wildman–Crippen LogP) is -10.3. The standard InChI is InChI=1S/3C4H6O6.2H3N.4H2O.Ti/c3*5-3(9-7)1-2-4(6)10-8;;;;;;;/h3*7-8H,1-2H2;2*1H3;4*1H2;/q;;;;;;;;;+4/p-4. The average molecular weight is 600 g/mol. The molecule has 0 fully saturated rings. The molecule has 37 heavy (non-hydrogen) atoms. The molecular weight excluding hydrogens is 572 g/mol. The second-order valence-corrected chi connectivity index (χ2v) is 4.23. The van der Waals surface area contributed by atoms with Crippen LogP contribution in [-0.2, 0) is 79.8 Å². The maximum Gasteiger partial charge on any atom is 4.00 e. The first-order valence-corrected chi connectivity index (χ1v) is 7.07. The van der Waals surface area contributed by atoms with E-state index in [0.717, 1.165) is 0 Å². The van der Waals surface area contributed by atoms with E-state index in [1.165, 1.54) is 0 Å². The van der Waals surface area contributed by atoms with Gasteiger partial charge in [-0.25, -0.2) is 0 Å². The van der Waals surface area contributed by atoms with Gasteiger partial charge in [-0.05, 0) is 0 Å². The summed E-state index contributed by atoms with van der Waals surface area (Å²) in [5, 5.41) is 55.5. The van der Waals surface area contributed by atoms with Crippen molar-refractivity contribution in [2.24, 2.45) is 0 Å². The summed E-state index contributed by atoms with van der Waals surface area (Å²) < 4.78 is 0. The fraction of sp³-hybridized carbons (Fsp3) is 0.500. The summed E-state index contributed by atoms with van der Waals surface area (Å²) in [7, 11) is 0. The van der Waals surface area contributed by atoms with Crippen LogP contribution in [0.4, 0.5) is 0 Å². The van der Waals surface area contributed by atoms with Crippen molar-refractivity contribution in [1.82, 2.24) is 12.3 Å². The topological polar surface area (TPSA) is 495 Å². The molecule has 0 atom stereocenters. The maximum atomic E-state index is 9.99.